The Morgan fingerprint density at radius 1 is 1.24 bits per heavy atom. The first-order valence-corrected chi connectivity index (χ1v) is 9.26. The van der Waals surface area contributed by atoms with Gasteiger partial charge < -0.3 is 15.0 Å². The molecule has 3 rings (SSSR count). The summed E-state index contributed by atoms with van der Waals surface area (Å²) in [4.78, 5) is 30.2. The summed E-state index contributed by atoms with van der Waals surface area (Å²) in [6, 6.07) is 4.05. The zero-order chi connectivity index (χ0) is 17.5. The second kappa shape index (κ2) is 8.94. The Kier molecular flexibility index (Phi) is 6.39. The Morgan fingerprint density at radius 2 is 2.08 bits per heavy atom. The molecule has 1 aromatic heterocycles. The quantitative estimate of drug-likeness (QED) is 0.849. The zero-order valence-electron chi connectivity index (χ0n) is 14.7. The monoisotopic (exact) mass is 345 g/mol. The van der Waals surface area contributed by atoms with Gasteiger partial charge in [0.05, 0.1) is 19.3 Å². The lowest BCUT2D eigenvalue weighted by molar-refractivity contribution is -0.131. The van der Waals surface area contributed by atoms with Crippen LogP contribution in [0.5, 0.6) is 0 Å². The molecule has 0 aliphatic carbocycles. The number of hydrogen-bond donors (Lipinski definition) is 1. The highest BCUT2D eigenvalue weighted by Gasteiger charge is 2.29. The molecule has 2 aliphatic rings. The molecule has 6 nitrogen and oxygen atoms in total. The van der Waals surface area contributed by atoms with Gasteiger partial charge in [0.1, 0.15) is 0 Å². The largest absolute Gasteiger partial charge is 0.379 e. The molecule has 2 aliphatic heterocycles. The number of aromatic nitrogens is 1. The predicted octanol–water partition coefficient (Wildman–Crippen LogP) is 1.55. The van der Waals surface area contributed by atoms with Gasteiger partial charge in [-0.25, -0.2) is 0 Å². The van der Waals surface area contributed by atoms with Crippen LogP contribution in [0.2, 0.25) is 0 Å². The van der Waals surface area contributed by atoms with Crippen LogP contribution in [-0.2, 0) is 20.7 Å². The van der Waals surface area contributed by atoms with Crippen molar-refractivity contribution in [1.29, 1.82) is 0 Å². The van der Waals surface area contributed by atoms with Crippen molar-refractivity contribution >= 4 is 11.8 Å². The molecule has 0 saturated carbocycles. The topological polar surface area (TPSA) is 71.5 Å². The van der Waals surface area contributed by atoms with Crippen LogP contribution in [0.15, 0.2) is 24.5 Å². The van der Waals surface area contributed by atoms with Gasteiger partial charge in [-0.2, -0.15) is 0 Å². The van der Waals surface area contributed by atoms with Gasteiger partial charge in [0.15, 0.2) is 0 Å². The zero-order valence-corrected chi connectivity index (χ0v) is 14.7. The highest BCUT2D eigenvalue weighted by atomic mass is 16.5. The lowest BCUT2D eigenvalue weighted by Gasteiger charge is -2.22. The van der Waals surface area contributed by atoms with Crippen molar-refractivity contribution in [2.45, 2.75) is 44.6 Å². The molecule has 0 aromatic carbocycles. The Morgan fingerprint density at radius 3 is 2.92 bits per heavy atom. The first-order chi connectivity index (χ1) is 12.2. The number of nitrogens with one attached hydrogen (secondary N) is 1. The molecule has 2 atom stereocenters. The van der Waals surface area contributed by atoms with Crippen LogP contribution in [0.4, 0.5) is 0 Å². The maximum Gasteiger partial charge on any atom is 0.222 e. The van der Waals surface area contributed by atoms with Crippen LogP contribution < -0.4 is 5.32 Å². The number of hydrogen-bond acceptors (Lipinski definition) is 4. The number of rotatable bonds is 6. The number of pyridine rings is 1. The third-order valence-electron chi connectivity index (χ3n) is 5.07. The molecule has 0 radical (unpaired) electrons. The summed E-state index contributed by atoms with van der Waals surface area (Å²) < 4.78 is 5.58. The number of carbonyl (C=O) groups excluding carboxylic acids is 2. The normalized spacial score (nSPS) is 24.2. The molecule has 136 valence electrons. The Bertz CT molecular complexity index is 579. The molecule has 2 unspecified atom stereocenters. The summed E-state index contributed by atoms with van der Waals surface area (Å²) in [5, 5.41) is 3.10. The van der Waals surface area contributed by atoms with E-state index < -0.39 is 0 Å². The number of carbonyl (C=O) groups is 2. The van der Waals surface area contributed by atoms with E-state index in [9.17, 15) is 9.59 Å². The minimum absolute atomic E-state index is 0.00674. The van der Waals surface area contributed by atoms with Crippen LogP contribution in [-0.4, -0.2) is 54.0 Å². The fourth-order valence-corrected chi connectivity index (χ4v) is 3.57. The Labute approximate surface area is 148 Å². The second-order valence-corrected chi connectivity index (χ2v) is 6.97. The fourth-order valence-electron chi connectivity index (χ4n) is 3.57. The molecule has 0 spiro atoms. The molecule has 25 heavy (non-hydrogen) atoms. The van der Waals surface area contributed by atoms with E-state index >= 15 is 0 Å². The summed E-state index contributed by atoms with van der Waals surface area (Å²) in [6.07, 6.45) is 8.54. The molecule has 2 saturated heterocycles. The van der Waals surface area contributed by atoms with Crippen molar-refractivity contribution in [1.82, 2.24) is 15.2 Å². The highest BCUT2D eigenvalue weighted by Crippen LogP contribution is 2.19. The first-order valence-electron chi connectivity index (χ1n) is 9.26. The van der Waals surface area contributed by atoms with Gasteiger partial charge in [0, 0.05) is 44.2 Å². The smallest absolute Gasteiger partial charge is 0.222 e. The van der Waals surface area contributed by atoms with E-state index in [1.54, 1.807) is 12.4 Å². The van der Waals surface area contributed by atoms with Crippen LogP contribution in [0, 0.1) is 5.92 Å². The summed E-state index contributed by atoms with van der Waals surface area (Å²) in [5.41, 5.74) is 1.21. The molecule has 0 bridgehead atoms. The van der Waals surface area contributed by atoms with Crippen LogP contribution >= 0.6 is 0 Å². The van der Waals surface area contributed by atoms with Crippen molar-refractivity contribution in [3.05, 3.63) is 30.1 Å². The van der Waals surface area contributed by atoms with E-state index in [0.717, 1.165) is 32.2 Å². The van der Waals surface area contributed by atoms with Gasteiger partial charge in [0.25, 0.3) is 0 Å². The Balaban J connectivity index is 1.45. The molecule has 1 N–H and O–H groups in total. The fraction of sp³-hybridized carbons (Fsp3) is 0.632. The molecule has 2 amide bonds. The van der Waals surface area contributed by atoms with Crippen molar-refractivity contribution < 1.29 is 14.3 Å². The van der Waals surface area contributed by atoms with Crippen molar-refractivity contribution in [2.24, 2.45) is 5.92 Å². The summed E-state index contributed by atoms with van der Waals surface area (Å²) in [5.74, 6) is 0.475. The number of likely N-dealkylation sites (tertiary alicyclic amines) is 1. The van der Waals surface area contributed by atoms with E-state index in [0.29, 0.717) is 32.6 Å². The number of amides is 2. The molecule has 1 aromatic rings. The molecular weight excluding hydrogens is 318 g/mol. The van der Waals surface area contributed by atoms with Crippen molar-refractivity contribution in [3.8, 4) is 0 Å². The molecule has 2 fully saturated rings. The Hall–Kier alpha value is -1.95. The maximum absolute atomic E-state index is 12.3. The number of nitrogens with zero attached hydrogens (tertiary/aromatic N) is 2. The summed E-state index contributed by atoms with van der Waals surface area (Å²) in [7, 11) is 0. The number of ether oxygens (including phenoxy) is 1. The molecule has 3 heterocycles. The van der Waals surface area contributed by atoms with Crippen molar-refractivity contribution in [2.75, 3.05) is 26.3 Å². The lowest BCUT2D eigenvalue weighted by Crippen LogP contribution is -2.42. The van der Waals surface area contributed by atoms with E-state index in [4.69, 9.17) is 4.74 Å². The van der Waals surface area contributed by atoms with Crippen LogP contribution in [0.25, 0.3) is 0 Å². The van der Waals surface area contributed by atoms with E-state index in [2.05, 4.69) is 10.3 Å². The molecular formula is C19H27N3O3. The van der Waals surface area contributed by atoms with Crippen molar-refractivity contribution in [3.63, 3.8) is 0 Å². The van der Waals surface area contributed by atoms with Gasteiger partial charge in [0.2, 0.25) is 11.8 Å². The van der Waals surface area contributed by atoms with E-state index in [1.165, 1.54) is 5.56 Å². The minimum atomic E-state index is 0.00674. The van der Waals surface area contributed by atoms with Gasteiger partial charge in [-0.05, 0) is 37.0 Å². The summed E-state index contributed by atoms with van der Waals surface area (Å²) >= 11 is 0. The average Bonchev–Trinajstić information content (AvgIpc) is 2.93. The van der Waals surface area contributed by atoms with E-state index in [-0.39, 0.29) is 23.8 Å². The third kappa shape index (κ3) is 5.26. The average molecular weight is 345 g/mol. The SMILES string of the molecule is O=C(CCN1CCCCCC1=O)NC1COCC1Cc1ccncc1. The van der Waals surface area contributed by atoms with Crippen LogP contribution in [0.3, 0.4) is 0 Å². The van der Waals surface area contributed by atoms with Gasteiger partial charge in [-0.1, -0.05) is 6.42 Å². The van der Waals surface area contributed by atoms with Gasteiger partial charge >= 0.3 is 0 Å². The lowest BCUT2D eigenvalue weighted by atomic mass is 9.95. The minimum Gasteiger partial charge on any atom is -0.379 e. The second-order valence-electron chi connectivity index (χ2n) is 6.97. The van der Waals surface area contributed by atoms with E-state index in [1.807, 2.05) is 17.0 Å². The van der Waals surface area contributed by atoms with Gasteiger partial charge in [-0.15, -0.1) is 0 Å². The third-order valence-corrected chi connectivity index (χ3v) is 5.07. The predicted molar refractivity (Wildman–Crippen MR) is 93.8 cm³/mol. The van der Waals surface area contributed by atoms with Crippen LogP contribution in [0.1, 0.15) is 37.7 Å². The van der Waals surface area contributed by atoms with Gasteiger partial charge in [-0.3, -0.25) is 14.6 Å². The summed E-state index contributed by atoms with van der Waals surface area (Å²) in [6.45, 7) is 2.53. The maximum atomic E-state index is 12.3. The first kappa shape index (κ1) is 17.9. The standard InChI is InChI=1S/C19H27N3O3/c23-18(7-11-22-10-3-1-2-4-19(22)24)21-17-14-25-13-16(17)12-15-5-8-20-9-6-15/h5-6,8-9,16-17H,1-4,7,10-14H2,(H,21,23). The highest BCUT2D eigenvalue weighted by molar-refractivity contribution is 5.79. The molecule has 6 heteroatoms.